The molecule has 0 saturated heterocycles. The number of carbonyl (C=O) groups is 1. The molecule has 9 heteroatoms. The molecule has 0 atom stereocenters. The number of carbonyl (C=O) groups excluding carboxylic acids is 1. The Balaban J connectivity index is 1.42. The third-order valence-electron chi connectivity index (χ3n) is 4.07. The number of anilines is 1. The number of para-hydroxylation sites is 2. The number of nitrogens with zero attached hydrogens (tertiary/aromatic N) is 3. The highest BCUT2D eigenvalue weighted by Gasteiger charge is 2.12. The number of rotatable bonds is 5. The molecule has 2 N–H and O–H groups in total. The van der Waals surface area contributed by atoms with Gasteiger partial charge >= 0.3 is 0 Å². The third kappa shape index (κ3) is 4.73. The zero-order valence-corrected chi connectivity index (χ0v) is 17.2. The minimum absolute atomic E-state index is 0.105. The molecule has 150 valence electrons. The molecular weight excluding hydrogens is 422 g/mol. The molecule has 0 aliphatic carbocycles. The number of hydrogen-bond acceptors (Lipinski definition) is 5. The second kappa shape index (κ2) is 8.89. The smallest absolute Gasteiger partial charge is 0.264 e. The fraction of sp³-hybridized carbons (Fsp3) is 0.0476. The summed E-state index contributed by atoms with van der Waals surface area (Å²) in [7, 11) is 0. The van der Waals surface area contributed by atoms with Crippen LogP contribution in [0.25, 0.3) is 16.7 Å². The maximum absolute atomic E-state index is 12.1. The quantitative estimate of drug-likeness (QED) is 0.460. The van der Waals surface area contributed by atoms with Crippen molar-refractivity contribution in [2.24, 2.45) is 0 Å². The normalized spacial score (nSPS) is 10.6. The van der Waals surface area contributed by atoms with Gasteiger partial charge < -0.3 is 10.1 Å². The number of amides is 1. The van der Waals surface area contributed by atoms with E-state index < -0.39 is 0 Å². The van der Waals surface area contributed by atoms with Crippen LogP contribution in [0.1, 0.15) is 0 Å². The fourth-order valence-corrected chi connectivity index (χ4v) is 3.12. The van der Waals surface area contributed by atoms with Crippen LogP contribution in [0.4, 0.5) is 5.69 Å². The second-order valence-corrected chi connectivity index (χ2v) is 7.07. The lowest BCUT2D eigenvalue weighted by molar-refractivity contribution is -0.121. The first kappa shape index (κ1) is 19.8. The van der Waals surface area contributed by atoms with E-state index in [1.165, 1.54) is 4.80 Å². The first-order chi connectivity index (χ1) is 14.6. The highest BCUT2D eigenvalue weighted by atomic mass is 35.5. The van der Waals surface area contributed by atoms with Crippen molar-refractivity contribution in [1.82, 2.24) is 20.3 Å². The number of halogens is 1. The van der Waals surface area contributed by atoms with Gasteiger partial charge in [0.15, 0.2) is 11.7 Å². The van der Waals surface area contributed by atoms with Crippen LogP contribution in [-0.2, 0) is 4.79 Å². The van der Waals surface area contributed by atoms with Gasteiger partial charge in [-0.15, -0.1) is 10.2 Å². The molecule has 0 aliphatic rings. The van der Waals surface area contributed by atoms with Crippen molar-refractivity contribution in [3.63, 3.8) is 0 Å². The van der Waals surface area contributed by atoms with Crippen LogP contribution in [0.3, 0.4) is 0 Å². The van der Waals surface area contributed by atoms with Gasteiger partial charge in [0.05, 0.1) is 16.4 Å². The summed E-state index contributed by atoms with van der Waals surface area (Å²) in [6, 6.07) is 22.0. The maximum atomic E-state index is 12.1. The number of thiocarbonyl (C=S) groups is 1. The Hall–Kier alpha value is -3.49. The Morgan fingerprint density at radius 2 is 1.63 bits per heavy atom. The van der Waals surface area contributed by atoms with Gasteiger partial charge in [0.25, 0.3) is 5.91 Å². The zero-order valence-electron chi connectivity index (χ0n) is 15.6. The van der Waals surface area contributed by atoms with Crippen molar-refractivity contribution in [3.8, 4) is 11.4 Å². The van der Waals surface area contributed by atoms with Crippen molar-refractivity contribution < 1.29 is 9.53 Å². The molecule has 0 aliphatic heterocycles. The highest BCUT2D eigenvalue weighted by molar-refractivity contribution is 7.80. The molecule has 0 radical (unpaired) electrons. The molecule has 0 spiro atoms. The van der Waals surface area contributed by atoms with Crippen LogP contribution < -0.4 is 15.4 Å². The van der Waals surface area contributed by atoms with Gasteiger partial charge in [0.2, 0.25) is 0 Å². The Bertz CT molecular complexity index is 1200. The van der Waals surface area contributed by atoms with Gasteiger partial charge in [-0.1, -0.05) is 48.0 Å². The molecule has 0 fully saturated rings. The first-order valence-electron chi connectivity index (χ1n) is 8.99. The number of fused-ring (bicyclic) bond motifs is 1. The largest absolute Gasteiger partial charge is 0.484 e. The van der Waals surface area contributed by atoms with E-state index in [2.05, 4.69) is 20.8 Å². The molecule has 1 amide bonds. The van der Waals surface area contributed by atoms with Crippen LogP contribution in [0.2, 0.25) is 5.02 Å². The molecular formula is C21H16ClN5O2S. The van der Waals surface area contributed by atoms with Gasteiger partial charge in [-0.05, 0) is 48.6 Å². The van der Waals surface area contributed by atoms with E-state index in [1.807, 2.05) is 48.5 Å². The molecule has 4 rings (SSSR count). The lowest BCUT2D eigenvalue weighted by atomic mass is 10.3. The van der Waals surface area contributed by atoms with Crippen molar-refractivity contribution >= 4 is 51.6 Å². The van der Waals surface area contributed by atoms with E-state index in [9.17, 15) is 4.79 Å². The zero-order chi connectivity index (χ0) is 20.9. The van der Waals surface area contributed by atoms with E-state index in [0.717, 1.165) is 5.69 Å². The number of benzene rings is 3. The van der Waals surface area contributed by atoms with E-state index in [0.29, 0.717) is 27.5 Å². The summed E-state index contributed by atoms with van der Waals surface area (Å²) in [6.45, 7) is -0.163. The second-order valence-electron chi connectivity index (χ2n) is 6.25. The molecule has 7 nitrogen and oxygen atoms in total. The molecule has 0 unspecified atom stereocenters. The summed E-state index contributed by atoms with van der Waals surface area (Å²) < 4.78 is 5.40. The Kier molecular flexibility index (Phi) is 5.87. The summed E-state index contributed by atoms with van der Waals surface area (Å²) in [5.74, 6) is 0.213. The lowest BCUT2D eigenvalue weighted by Gasteiger charge is -2.11. The van der Waals surface area contributed by atoms with E-state index in [1.54, 1.807) is 24.3 Å². The predicted molar refractivity (Wildman–Crippen MR) is 120 cm³/mol. The molecule has 1 aromatic heterocycles. The molecule has 30 heavy (non-hydrogen) atoms. The fourth-order valence-electron chi connectivity index (χ4n) is 2.69. The highest BCUT2D eigenvalue weighted by Crippen LogP contribution is 2.27. The third-order valence-corrected chi connectivity index (χ3v) is 4.59. The number of hydrogen-bond donors (Lipinski definition) is 2. The SMILES string of the molecule is O=C(COc1ccccc1)NC(=S)Nc1cc2nn(-c3ccccc3)nc2cc1Cl. The van der Waals surface area contributed by atoms with Crippen LogP contribution in [0, 0.1) is 0 Å². The number of aromatic nitrogens is 3. The summed E-state index contributed by atoms with van der Waals surface area (Å²) in [5, 5.41) is 14.9. The van der Waals surface area contributed by atoms with Crippen molar-refractivity contribution in [2.45, 2.75) is 0 Å². The predicted octanol–water partition coefficient (Wildman–Crippen LogP) is 3.97. The van der Waals surface area contributed by atoms with Crippen LogP contribution in [-0.4, -0.2) is 32.6 Å². The molecule has 3 aromatic carbocycles. The van der Waals surface area contributed by atoms with E-state index in [-0.39, 0.29) is 17.6 Å². The monoisotopic (exact) mass is 437 g/mol. The molecule has 4 aromatic rings. The summed E-state index contributed by atoms with van der Waals surface area (Å²) in [4.78, 5) is 13.6. The van der Waals surface area contributed by atoms with Crippen molar-refractivity contribution in [1.29, 1.82) is 0 Å². The standard InChI is InChI=1S/C21H16ClN5O2S/c22-16-11-18-19(26-27(25-18)14-7-3-1-4-8-14)12-17(16)23-21(30)24-20(28)13-29-15-9-5-2-6-10-15/h1-12H,13H2,(H2,23,24,28,30). The van der Waals surface area contributed by atoms with Crippen LogP contribution in [0.5, 0.6) is 5.75 Å². The molecule has 0 saturated carbocycles. The molecule has 0 bridgehead atoms. The topological polar surface area (TPSA) is 81.1 Å². The molecule has 1 heterocycles. The van der Waals surface area contributed by atoms with Gasteiger partial charge in [-0.25, -0.2) is 0 Å². The summed E-state index contributed by atoms with van der Waals surface area (Å²) >= 11 is 11.6. The van der Waals surface area contributed by atoms with Gasteiger partial charge in [-0.3, -0.25) is 10.1 Å². The maximum Gasteiger partial charge on any atom is 0.264 e. The summed E-state index contributed by atoms with van der Waals surface area (Å²) in [5.41, 5.74) is 2.62. The van der Waals surface area contributed by atoms with E-state index >= 15 is 0 Å². The lowest BCUT2D eigenvalue weighted by Crippen LogP contribution is -2.37. The number of ether oxygens (including phenoxy) is 1. The van der Waals surface area contributed by atoms with Crippen LogP contribution in [0.15, 0.2) is 72.8 Å². The Labute approximate surface area is 182 Å². The van der Waals surface area contributed by atoms with Crippen molar-refractivity contribution in [3.05, 3.63) is 77.8 Å². The Morgan fingerprint density at radius 3 is 2.33 bits per heavy atom. The van der Waals surface area contributed by atoms with Gasteiger partial charge in [-0.2, -0.15) is 4.80 Å². The minimum Gasteiger partial charge on any atom is -0.484 e. The summed E-state index contributed by atoms with van der Waals surface area (Å²) in [6.07, 6.45) is 0. The Morgan fingerprint density at radius 1 is 1.00 bits per heavy atom. The van der Waals surface area contributed by atoms with Gasteiger partial charge in [0.1, 0.15) is 16.8 Å². The van der Waals surface area contributed by atoms with Gasteiger partial charge in [0, 0.05) is 0 Å². The average molecular weight is 438 g/mol. The van der Waals surface area contributed by atoms with E-state index in [4.69, 9.17) is 28.6 Å². The van der Waals surface area contributed by atoms with Crippen molar-refractivity contribution in [2.75, 3.05) is 11.9 Å². The number of nitrogens with one attached hydrogen (secondary N) is 2. The first-order valence-corrected chi connectivity index (χ1v) is 9.78. The minimum atomic E-state index is -0.386. The van der Waals surface area contributed by atoms with Crippen LogP contribution >= 0.6 is 23.8 Å². The average Bonchev–Trinajstić information content (AvgIpc) is 3.16.